The highest BCUT2D eigenvalue weighted by Gasteiger charge is 2.22. The monoisotopic (exact) mass is 414 g/mol. The molecule has 0 aliphatic carbocycles. The molecule has 3 rings (SSSR count). The summed E-state index contributed by atoms with van der Waals surface area (Å²) in [5.41, 5.74) is 6.57. The lowest BCUT2D eigenvalue weighted by molar-refractivity contribution is -0.383. The minimum atomic E-state index is -1.10. The molecule has 1 atom stereocenters. The molecule has 0 spiro atoms. The molecule has 0 aromatic heterocycles. The van der Waals surface area contributed by atoms with Crippen LogP contribution in [0.4, 0.5) is 22.7 Å². The van der Waals surface area contributed by atoms with E-state index in [-0.39, 0.29) is 11.3 Å². The Bertz CT molecular complexity index is 941. The minimum absolute atomic E-state index is 0.0644. The van der Waals surface area contributed by atoms with Gasteiger partial charge in [0.2, 0.25) is 0 Å². The van der Waals surface area contributed by atoms with Crippen molar-refractivity contribution in [2.24, 2.45) is 0 Å². The van der Waals surface area contributed by atoms with Crippen molar-refractivity contribution in [3.05, 3.63) is 58.1 Å². The molecule has 158 valence electrons. The van der Waals surface area contributed by atoms with E-state index in [4.69, 9.17) is 15.2 Å². The van der Waals surface area contributed by atoms with E-state index in [9.17, 15) is 19.7 Å². The second kappa shape index (κ2) is 9.23. The number of nitro groups is 1. The Morgan fingerprint density at radius 2 is 1.87 bits per heavy atom. The first-order valence-electron chi connectivity index (χ1n) is 9.33. The largest absolute Gasteiger partial charge is 0.449 e. The summed E-state index contributed by atoms with van der Waals surface area (Å²) in [6.07, 6.45) is -1.10. The fraction of sp³-hybridized carbons (Fsp3) is 0.300. The van der Waals surface area contributed by atoms with E-state index < -0.39 is 28.6 Å². The quantitative estimate of drug-likeness (QED) is 0.318. The Balaban J connectivity index is 1.58. The molecule has 2 aromatic rings. The van der Waals surface area contributed by atoms with Crippen LogP contribution in [0.3, 0.4) is 0 Å². The van der Waals surface area contributed by atoms with Crippen molar-refractivity contribution < 1.29 is 24.0 Å². The number of nitrogens with two attached hydrogens (primary N) is 1. The maximum absolute atomic E-state index is 12.4. The number of rotatable bonds is 6. The number of carbonyl (C=O) groups is 2. The molecule has 0 radical (unpaired) electrons. The lowest BCUT2D eigenvalue weighted by Gasteiger charge is -2.28. The van der Waals surface area contributed by atoms with Gasteiger partial charge in [0, 0.05) is 30.5 Å². The van der Waals surface area contributed by atoms with Gasteiger partial charge in [0.15, 0.2) is 6.10 Å². The highest BCUT2D eigenvalue weighted by atomic mass is 16.6. The predicted molar refractivity (Wildman–Crippen MR) is 110 cm³/mol. The van der Waals surface area contributed by atoms with Crippen molar-refractivity contribution in [2.45, 2.75) is 13.0 Å². The molecule has 1 heterocycles. The van der Waals surface area contributed by atoms with Gasteiger partial charge >= 0.3 is 5.97 Å². The van der Waals surface area contributed by atoms with Gasteiger partial charge in [-0.15, -0.1) is 0 Å². The van der Waals surface area contributed by atoms with Gasteiger partial charge in [-0.3, -0.25) is 14.9 Å². The Kier molecular flexibility index (Phi) is 6.48. The molecule has 2 aromatic carbocycles. The first-order valence-corrected chi connectivity index (χ1v) is 9.33. The van der Waals surface area contributed by atoms with Crippen LogP contribution in [0, 0.1) is 10.1 Å². The molecule has 1 fully saturated rings. The predicted octanol–water partition coefficient (Wildman–Crippen LogP) is 2.20. The van der Waals surface area contributed by atoms with Crippen molar-refractivity contribution in [3.63, 3.8) is 0 Å². The van der Waals surface area contributed by atoms with Gasteiger partial charge in [-0.2, -0.15) is 0 Å². The molecule has 1 aliphatic rings. The zero-order chi connectivity index (χ0) is 21.7. The number of carbonyl (C=O) groups excluding carboxylic acids is 2. The summed E-state index contributed by atoms with van der Waals surface area (Å²) in [6, 6.07) is 10.9. The number of nitrogens with zero attached hydrogens (tertiary/aromatic N) is 2. The summed E-state index contributed by atoms with van der Waals surface area (Å²) in [4.78, 5) is 37.0. The minimum Gasteiger partial charge on any atom is -0.449 e. The normalized spacial score (nSPS) is 14.6. The summed E-state index contributed by atoms with van der Waals surface area (Å²) in [5, 5.41) is 13.6. The number of amides is 1. The number of ether oxygens (including phenoxy) is 2. The highest BCUT2D eigenvalue weighted by molar-refractivity contribution is 5.97. The van der Waals surface area contributed by atoms with E-state index in [0.29, 0.717) is 18.9 Å². The number of nitro benzene ring substituents is 1. The molecule has 0 saturated carbocycles. The van der Waals surface area contributed by atoms with Gasteiger partial charge in [0.05, 0.1) is 23.7 Å². The molecule has 1 saturated heterocycles. The number of nitrogens with one attached hydrogen (secondary N) is 1. The Hall–Kier alpha value is -3.66. The van der Waals surface area contributed by atoms with Crippen LogP contribution in [0.25, 0.3) is 0 Å². The van der Waals surface area contributed by atoms with Crippen LogP contribution in [0.5, 0.6) is 0 Å². The topological polar surface area (TPSA) is 137 Å². The maximum atomic E-state index is 12.4. The zero-order valence-corrected chi connectivity index (χ0v) is 16.4. The SMILES string of the molecule is C[C@H](OC(=O)c1ccc(N)c([N+](=O)[O-])c1)C(=O)Nc1ccc(N2CCOCC2)cc1. The Morgan fingerprint density at radius 3 is 2.50 bits per heavy atom. The van der Waals surface area contributed by atoms with E-state index in [1.165, 1.54) is 19.1 Å². The van der Waals surface area contributed by atoms with Gasteiger partial charge in [-0.05, 0) is 43.3 Å². The van der Waals surface area contributed by atoms with Crippen LogP contribution >= 0.6 is 0 Å². The third kappa shape index (κ3) is 5.03. The number of anilines is 3. The lowest BCUT2D eigenvalue weighted by atomic mass is 10.2. The molecule has 0 bridgehead atoms. The third-order valence-corrected chi connectivity index (χ3v) is 4.63. The second-order valence-corrected chi connectivity index (χ2v) is 6.71. The molecule has 0 unspecified atom stereocenters. The number of esters is 1. The van der Waals surface area contributed by atoms with Crippen molar-refractivity contribution in [3.8, 4) is 0 Å². The standard InChI is InChI=1S/C20H22N4O6/c1-13(30-20(26)14-2-7-17(21)18(12-14)24(27)28)19(25)22-15-3-5-16(6-4-15)23-8-10-29-11-9-23/h2-7,12-13H,8-11,21H2,1H3,(H,22,25)/t13-/m0/s1. The fourth-order valence-corrected chi connectivity index (χ4v) is 2.93. The van der Waals surface area contributed by atoms with Gasteiger partial charge in [-0.1, -0.05) is 0 Å². The van der Waals surface area contributed by atoms with Gasteiger partial charge in [0.1, 0.15) is 5.69 Å². The van der Waals surface area contributed by atoms with Crippen molar-refractivity contribution in [1.29, 1.82) is 0 Å². The summed E-state index contributed by atoms with van der Waals surface area (Å²) in [5.74, 6) is -1.38. The summed E-state index contributed by atoms with van der Waals surface area (Å²) >= 11 is 0. The molecule has 1 aliphatic heterocycles. The first-order chi connectivity index (χ1) is 14.3. The van der Waals surface area contributed by atoms with Crippen molar-refractivity contribution in [2.75, 3.05) is 42.3 Å². The smallest absolute Gasteiger partial charge is 0.339 e. The Morgan fingerprint density at radius 1 is 1.20 bits per heavy atom. The van der Waals surface area contributed by atoms with Gasteiger partial charge < -0.3 is 25.4 Å². The van der Waals surface area contributed by atoms with Crippen LogP contribution in [0.2, 0.25) is 0 Å². The van der Waals surface area contributed by atoms with Crippen LogP contribution in [0.15, 0.2) is 42.5 Å². The van der Waals surface area contributed by atoms with E-state index >= 15 is 0 Å². The average molecular weight is 414 g/mol. The number of morpholine rings is 1. The van der Waals surface area contributed by atoms with E-state index in [1.807, 2.05) is 12.1 Å². The fourth-order valence-electron chi connectivity index (χ4n) is 2.93. The van der Waals surface area contributed by atoms with E-state index in [2.05, 4.69) is 10.2 Å². The van der Waals surface area contributed by atoms with Gasteiger partial charge in [0.25, 0.3) is 11.6 Å². The molecular weight excluding hydrogens is 392 g/mol. The number of hydrogen-bond acceptors (Lipinski definition) is 8. The number of nitrogen functional groups attached to an aromatic ring is 1. The highest BCUT2D eigenvalue weighted by Crippen LogP contribution is 2.23. The second-order valence-electron chi connectivity index (χ2n) is 6.71. The molecule has 10 nitrogen and oxygen atoms in total. The van der Waals surface area contributed by atoms with Crippen LogP contribution in [-0.2, 0) is 14.3 Å². The van der Waals surface area contributed by atoms with Gasteiger partial charge in [-0.25, -0.2) is 4.79 Å². The zero-order valence-electron chi connectivity index (χ0n) is 16.4. The number of benzene rings is 2. The maximum Gasteiger partial charge on any atom is 0.339 e. The van der Waals surface area contributed by atoms with Crippen molar-refractivity contribution >= 4 is 34.6 Å². The Labute approximate surface area is 172 Å². The molecule has 3 N–H and O–H groups in total. The summed E-state index contributed by atoms with van der Waals surface area (Å²) in [6.45, 7) is 4.39. The summed E-state index contributed by atoms with van der Waals surface area (Å²) < 4.78 is 10.5. The van der Waals surface area contributed by atoms with E-state index in [1.54, 1.807) is 12.1 Å². The molecule has 30 heavy (non-hydrogen) atoms. The average Bonchev–Trinajstić information content (AvgIpc) is 2.74. The van der Waals surface area contributed by atoms with Crippen molar-refractivity contribution in [1.82, 2.24) is 0 Å². The van der Waals surface area contributed by atoms with Crippen LogP contribution in [0.1, 0.15) is 17.3 Å². The van der Waals surface area contributed by atoms with Crippen LogP contribution in [-0.4, -0.2) is 49.2 Å². The molecule has 1 amide bonds. The molecule has 10 heteroatoms. The number of hydrogen-bond donors (Lipinski definition) is 2. The summed E-state index contributed by atoms with van der Waals surface area (Å²) in [7, 11) is 0. The first kappa shape index (κ1) is 21.1. The molecular formula is C20H22N4O6. The van der Waals surface area contributed by atoms with Crippen LogP contribution < -0.4 is 16.0 Å². The third-order valence-electron chi connectivity index (χ3n) is 4.63. The van der Waals surface area contributed by atoms with E-state index in [0.717, 1.165) is 24.8 Å². The lowest BCUT2D eigenvalue weighted by Crippen LogP contribution is -2.36.